The number of hydrogen-bond donors (Lipinski definition) is 1. The number of rotatable bonds is 8. The van der Waals surface area contributed by atoms with Crippen LogP contribution in [-0.4, -0.2) is 49.4 Å². The van der Waals surface area contributed by atoms with Crippen LogP contribution in [0.2, 0.25) is 0 Å². The molecule has 2 atom stereocenters. The van der Waals surface area contributed by atoms with Gasteiger partial charge in [0.25, 0.3) is 5.91 Å². The predicted molar refractivity (Wildman–Crippen MR) is 139 cm³/mol. The van der Waals surface area contributed by atoms with E-state index < -0.39 is 5.41 Å². The van der Waals surface area contributed by atoms with Crippen molar-refractivity contribution in [1.29, 1.82) is 0 Å². The Hall–Kier alpha value is -3.93. The molecule has 1 N–H and O–H groups in total. The Labute approximate surface area is 212 Å². The first kappa shape index (κ1) is 25.2. The Morgan fingerprint density at radius 1 is 0.944 bits per heavy atom. The fourth-order valence-corrected chi connectivity index (χ4v) is 5.11. The Bertz CT molecular complexity index is 1210. The summed E-state index contributed by atoms with van der Waals surface area (Å²) in [6.07, 6.45) is 0.992. The van der Waals surface area contributed by atoms with Gasteiger partial charge in [-0.1, -0.05) is 72.8 Å². The van der Waals surface area contributed by atoms with Gasteiger partial charge in [-0.25, -0.2) is 0 Å². The van der Waals surface area contributed by atoms with E-state index in [9.17, 15) is 14.4 Å². The lowest BCUT2D eigenvalue weighted by molar-refractivity contribution is -0.149. The summed E-state index contributed by atoms with van der Waals surface area (Å²) in [4.78, 5) is 41.0. The second-order valence-corrected chi connectivity index (χ2v) is 9.05. The van der Waals surface area contributed by atoms with E-state index in [0.717, 1.165) is 16.7 Å². The van der Waals surface area contributed by atoms with Crippen LogP contribution in [0.1, 0.15) is 52.7 Å². The molecule has 0 aromatic heterocycles. The number of carbonyl (C=O) groups is 3. The van der Waals surface area contributed by atoms with Gasteiger partial charge < -0.3 is 15.0 Å². The molecular formula is C30H32N2O4. The molecule has 0 bridgehead atoms. The molecule has 0 spiro atoms. The number of fused-ring (bicyclic) bond motifs is 1. The van der Waals surface area contributed by atoms with E-state index in [1.807, 2.05) is 79.7 Å². The van der Waals surface area contributed by atoms with Gasteiger partial charge in [0.05, 0.1) is 12.5 Å². The topological polar surface area (TPSA) is 75.7 Å². The number of esters is 1. The molecular weight excluding hydrogens is 452 g/mol. The van der Waals surface area contributed by atoms with Crippen LogP contribution in [0.15, 0.2) is 84.9 Å². The summed E-state index contributed by atoms with van der Waals surface area (Å²) in [5.41, 5.74) is 2.19. The molecule has 0 saturated heterocycles. The molecule has 0 radical (unpaired) electrons. The highest BCUT2D eigenvalue weighted by Gasteiger charge is 2.49. The van der Waals surface area contributed by atoms with E-state index in [1.165, 1.54) is 0 Å². The number of benzene rings is 3. The number of amides is 2. The molecule has 1 aliphatic carbocycles. The van der Waals surface area contributed by atoms with Crippen LogP contribution in [0.4, 0.5) is 0 Å². The molecule has 6 heteroatoms. The third-order valence-corrected chi connectivity index (χ3v) is 6.94. The van der Waals surface area contributed by atoms with Crippen molar-refractivity contribution in [3.05, 3.63) is 107 Å². The van der Waals surface area contributed by atoms with Gasteiger partial charge >= 0.3 is 5.97 Å². The number of ether oxygens (including phenoxy) is 1. The van der Waals surface area contributed by atoms with Crippen LogP contribution in [0.25, 0.3) is 0 Å². The summed E-state index contributed by atoms with van der Waals surface area (Å²) in [6, 6.07) is 26.4. The minimum atomic E-state index is -0.952. The monoisotopic (exact) mass is 484 g/mol. The van der Waals surface area contributed by atoms with Gasteiger partial charge in [0, 0.05) is 25.7 Å². The lowest BCUT2D eigenvalue weighted by Crippen LogP contribution is -2.45. The second-order valence-electron chi connectivity index (χ2n) is 9.05. The fourth-order valence-electron chi connectivity index (χ4n) is 5.11. The third kappa shape index (κ3) is 4.89. The summed E-state index contributed by atoms with van der Waals surface area (Å²) >= 11 is 0. The van der Waals surface area contributed by atoms with Crippen molar-refractivity contribution in [3.63, 3.8) is 0 Å². The van der Waals surface area contributed by atoms with Gasteiger partial charge in [0.2, 0.25) is 5.91 Å². The number of nitrogens with one attached hydrogen (secondary N) is 1. The summed E-state index contributed by atoms with van der Waals surface area (Å²) in [5, 5.41) is 2.88. The number of carbonyl (C=O) groups excluding carboxylic acids is 3. The molecule has 0 aliphatic heterocycles. The second kappa shape index (κ2) is 11.2. The molecule has 3 aromatic carbocycles. The maximum Gasteiger partial charge on any atom is 0.321 e. The van der Waals surface area contributed by atoms with E-state index >= 15 is 0 Å². The van der Waals surface area contributed by atoms with Gasteiger partial charge in [-0.2, -0.15) is 0 Å². The fraction of sp³-hybridized carbons (Fsp3) is 0.300. The minimum absolute atomic E-state index is 0.0260. The normalized spacial score (nSPS) is 18.6. The first-order valence-electron chi connectivity index (χ1n) is 12.4. The van der Waals surface area contributed by atoms with Crippen molar-refractivity contribution in [2.24, 2.45) is 0 Å². The van der Waals surface area contributed by atoms with E-state index in [2.05, 4.69) is 5.32 Å². The smallest absolute Gasteiger partial charge is 0.321 e. The highest BCUT2D eigenvalue weighted by molar-refractivity contribution is 5.94. The molecule has 4 rings (SSSR count). The van der Waals surface area contributed by atoms with Crippen LogP contribution in [0, 0.1) is 0 Å². The van der Waals surface area contributed by atoms with E-state index in [-0.39, 0.29) is 30.3 Å². The quantitative estimate of drug-likeness (QED) is 0.484. The summed E-state index contributed by atoms with van der Waals surface area (Å²) in [7, 11) is 1.75. The van der Waals surface area contributed by atoms with Crippen molar-refractivity contribution < 1.29 is 19.1 Å². The number of nitrogens with zero attached hydrogens (tertiary/aromatic N) is 1. The summed E-state index contributed by atoms with van der Waals surface area (Å²) in [5.74, 6) is -0.850. The third-order valence-electron chi connectivity index (χ3n) is 6.94. The first-order valence-corrected chi connectivity index (χ1v) is 12.4. The van der Waals surface area contributed by atoms with Crippen molar-refractivity contribution in [2.45, 2.75) is 31.1 Å². The van der Waals surface area contributed by atoms with Crippen LogP contribution in [-0.2, 0) is 19.7 Å². The average molecular weight is 485 g/mol. The average Bonchev–Trinajstić information content (AvgIpc) is 2.93. The highest BCUT2D eigenvalue weighted by Crippen LogP contribution is 2.48. The lowest BCUT2D eigenvalue weighted by Gasteiger charge is -2.40. The Morgan fingerprint density at radius 3 is 2.28 bits per heavy atom. The van der Waals surface area contributed by atoms with Gasteiger partial charge in [0.1, 0.15) is 5.41 Å². The molecule has 3 aromatic rings. The maximum atomic E-state index is 13.5. The molecule has 186 valence electrons. The molecule has 36 heavy (non-hydrogen) atoms. The molecule has 6 nitrogen and oxygen atoms in total. The minimum Gasteiger partial charge on any atom is -0.465 e. The highest BCUT2D eigenvalue weighted by atomic mass is 16.5. The number of hydrogen-bond acceptors (Lipinski definition) is 4. The zero-order valence-corrected chi connectivity index (χ0v) is 20.8. The predicted octanol–water partition coefficient (Wildman–Crippen LogP) is 4.30. The van der Waals surface area contributed by atoms with Crippen LogP contribution in [0.3, 0.4) is 0 Å². The lowest BCUT2D eigenvalue weighted by atomic mass is 9.63. The molecule has 0 heterocycles. The van der Waals surface area contributed by atoms with Crippen molar-refractivity contribution in [3.8, 4) is 0 Å². The summed E-state index contributed by atoms with van der Waals surface area (Å²) in [6.45, 7) is 2.83. The van der Waals surface area contributed by atoms with Crippen LogP contribution in [0.5, 0.6) is 0 Å². The Kier molecular flexibility index (Phi) is 7.84. The number of likely N-dealkylation sites (N-methyl/N-ethyl adjacent to an activating group) is 1. The summed E-state index contributed by atoms with van der Waals surface area (Å²) < 4.78 is 5.58. The van der Waals surface area contributed by atoms with Crippen LogP contribution < -0.4 is 5.32 Å². The van der Waals surface area contributed by atoms with Gasteiger partial charge in [0.15, 0.2) is 0 Å². The van der Waals surface area contributed by atoms with Gasteiger partial charge in [-0.15, -0.1) is 0 Å². The molecule has 1 aliphatic rings. The van der Waals surface area contributed by atoms with Gasteiger partial charge in [-0.3, -0.25) is 14.4 Å². The standard InChI is InChI=1S/C30H32N2O4/c1-3-36-29(35)30(23-14-8-5-9-15-23)19-18-25(24-16-10-11-17-26(24)30)28(34)32(2)21-20-31-27(33)22-12-6-4-7-13-22/h4-17,25H,3,18-21H2,1-2H3,(H,31,33)/t25-,30?/m1/s1. The van der Waals surface area contributed by atoms with Crippen molar-refractivity contribution in [2.75, 3.05) is 26.7 Å². The Balaban J connectivity index is 1.55. The molecule has 2 amide bonds. The molecule has 0 fully saturated rings. The largest absolute Gasteiger partial charge is 0.465 e. The van der Waals surface area contributed by atoms with E-state index in [4.69, 9.17) is 4.74 Å². The first-order chi connectivity index (χ1) is 17.5. The van der Waals surface area contributed by atoms with E-state index in [0.29, 0.717) is 31.5 Å². The zero-order valence-electron chi connectivity index (χ0n) is 20.8. The molecule has 1 unspecified atom stereocenters. The zero-order chi connectivity index (χ0) is 25.5. The van der Waals surface area contributed by atoms with Crippen molar-refractivity contribution in [1.82, 2.24) is 10.2 Å². The maximum absolute atomic E-state index is 13.5. The Morgan fingerprint density at radius 2 is 1.58 bits per heavy atom. The van der Waals surface area contributed by atoms with Crippen LogP contribution >= 0.6 is 0 Å². The SMILES string of the molecule is CCOC(=O)C1(c2ccccc2)CC[C@@H](C(=O)N(C)CCNC(=O)c2ccccc2)c2ccccc21. The van der Waals surface area contributed by atoms with E-state index in [1.54, 1.807) is 24.1 Å². The van der Waals surface area contributed by atoms with Gasteiger partial charge in [-0.05, 0) is 48.6 Å². The molecule has 0 saturated carbocycles. The van der Waals surface area contributed by atoms with Crippen molar-refractivity contribution >= 4 is 17.8 Å².